The zero-order valence-corrected chi connectivity index (χ0v) is 10.3. The van der Waals surface area contributed by atoms with Crippen LogP contribution in [-0.4, -0.2) is 7.11 Å². The maximum absolute atomic E-state index is 13.6. The first kappa shape index (κ1) is 12.6. The number of methoxy groups -OCH3 is 1. The van der Waals surface area contributed by atoms with Crippen LogP contribution in [0.4, 0.5) is 4.39 Å². The second kappa shape index (κ2) is 5.65. The lowest BCUT2D eigenvalue weighted by atomic mass is 9.98. The lowest BCUT2D eigenvalue weighted by Gasteiger charge is -2.15. The molecule has 0 saturated carbocycles. The molecule has 0 spiro atoms. The summed E-state index contributed by atoms with van der Waals surface area (Å²) in [5, 5.41) is 0. The van der Waals surface area contributed by atoms with Gasteiger partial charge in [0.25, 0.3) is 0 Å². The standard InChI is InChI=1S/C15H16FNO/c1-18-15-9-5-3-7-12(15)14(17)10-11-6-2-4-8-13(11)16/h2-9,14H,10,17H2,1H3. The van der Waals surface area contributed by atoms with Gasteiger partial charge in [-0.2, -0.15) is 0 Å². The fourth-order valence-corrected chi connectivity index (χ4v) is 1.98. The zero-order valence-electron chi connectivity index (χ0n) is 10.3. The van der Waals surface area contributed by atoms with Crippen LogP contribution >= 0.6 is 0 Å². The first-order valence-electron chi connectivity index (χ1n) is 5.84. The molecule has 2 nitrogen and oxygen atoms in total. The summed E-state index contributed by atoms with van der Waals surface area (Å²) < 4.78 is 18.8. The van der Waals surface area contributed by atoms with Crippen LogP contribution in [0.5, 0.6) is 5.75 Å². The van der Waals surface area contributed by atoms with Gasteiger partial charge in [0, 0.05) is 11.6 Å². The van der Waals surface area contributed by atoms with E-state index in [0.717, 1.165) is 11.3 Å². The molecule has 0 aliphatic rings. The van der Waals surface area contributed by atoms with E-state index in [1.54, 1.807) is 19.2 Å². The summed E-state index contributed by atoms with van der Waals surface area (Å²) in [5.74, 6) is 0.518. The summed E-state index contributed by atoms with van der Waals surface area (Å²) in [6.07, 6.45) is 0.451. The number of benzene rings is 2. The fraction of sp³-hybridized carbons (Fsp3) is 0.200. The van der Waals surface area contributed by atoms with E-state index in [9.17, 15) is 4.39 Å². The lowest BCUT2D eigenvalue weighted by molar-refractivity contribution is 0.405. The molecule has 1 unspecified atom stereocenters. The minimum Gasteiger partial charge on any atom is -0.496 e. The molecule has 2 aromatic rings. The van der Waals surface area contributed by atoms with Gasteiger partial charge in [-0.05, 0) is 24.1 Å². The van der Waals surface area contributed by atoms with Gasteiger partial charge in [0.2, 0.25) is 0 Å². The number of rotatable bonds is 4. The first-order chi connectivity index (χ1) is 8.72. The Labute approximate surface area is 106 Å². The third-order valence-corrected chi connectivity index (χ3v) is 2.94. The average Bonchev–Trinajstić information content (AvgIpc) is 2.41. The number of para-hydroxylation sites is 1. The van der Waals surface area contributed by atoms with Crippen molar-refractivity contribution in [3.8, 4) is 5.75 Å². The Bertz CT molecular complexity index is 527. The van der Waals surface area contributed by atoms with E-state index < -0.39 is 0 Å². The van der Waals surface area contributed by atoms with Crippen LogP contribution in [0.3, 0.4) is 0 Å². The zero-order chi connectivity index (χ0) is 13.0. The Hall–Kier alpha value is -1.87. The highest BCUT2D eigenvalue weighted by atomic mass is 19.1. The molecule has 18 heavy (non-hydrogen) atoms. The molecule has 2 N–H and O–H groups in total. The second-order valence-corrected chi connectivity index (χ2v) is 4.14. The fourth-order valence-electron chi connectivity index (χ4n) is 1.98. The van der Waals surface area contributed by atoms with Crippen molar-refractivity contribution in [2.45, 2.75) is 12.5 Å². The van der Waals surface area contributed by atoms with E-state index in [1.165, 1.54) is 6.07 Å². The summed E-state index contributed by atoms with van der Waals surface area (Å²) in [7, 11) is 1.61. The number of halogens is 1. The predicted molar refractivity (Wildman–Crippen MR) is 70.0 cm³/mol. The van der Waals surface area contributed by atoms with Gasteiger partial charge in [-0.15, -0.1) is 0 Å². The Kier molecular flexibility index (Phi) is 3.95. The normalized spacial score (nSPS) is 12.2. The molecular weight excluding hydrogens is 229 g/mol. The maximum atomic E-state index is 13.6. The first-order valence-corrected chi connectivity index (χ1v) is 5.84. The van der Waals surface area contributed by atoms with Crippen LogP contribution in [0, 0.1) is 5.82 Å². The van der Waals surface area contributed by atoms with E-state index >= 15 is 0 Å². The highest BCUT2D eigenvalue weighted by Crippen LogP contribution is 2.26. The van der Waals surface area contributed by atoms with Gasteiger partial charge in [0.1, 0.15) is 11.6 Å². The molecule has 0 fully saturated rings. The topological polar surface area (TPSA) is 35.2 Å². The van der Waals surface area contributed by atoms with Crippen LogP contribution in [0.15, 0.2) is 48.5 Å². The van der Waals surface area contributed by atoms with Crippen molar-refractivity contribution in [3.63, 3.8) is 0 Å². The summed E-state index contributed by atoms with van der Waals surface area (Å²) in [6, 6.07) is 14.0. The number of ether oxygens (including phenoxy) is 1. The van der Waals surface area contributed by atoms with E-state index in [-0.39, 0.29) is 11.9 Å². The Morgan fingerprint density at radius 3 is 2.50 bits per heavy atom. The van der Waals surface area contributed by atoms with Gasteiger partial charge in [0.15, 0.2) is 0 Å². The molecule has 0 saturated heterocycles. The molecule has 1 atom stereocenters. The summed E-state index contributed by atoms with van der Waals surface area (Å²) >= 11 is 0. The average molecular weight is 245 g/mol. The van der Waals surface area contributed by atoms with Crippen molar-refractivity contribution in [1.29, 1.82) is 0 Å². The molecule has 2 rings (SSSR count). The molecule has 94 valence electrons. The maximum Gasteiger partial charge on any atom is 0.126 e. The van der Waals surface area contributed by atoms with Crippen molar-refractivity contribution in [1.82, 2.24) is 0 Å². The van der Waals surface area contributed by atoms with Crippen LogP contribution in [0.25, 0.3) is 0 Å². The van der Waals surface area contributed by atoms with Gasteiger partial charge in [0.05, 0.1) is 7.11 Å². The molecule has 0 aromatic heterocycles. The largest absolute Gasteiger partial charge is 0.496 e. The molecule has 0 amide bonds. The Morgan fingerprint density at radius 1 is 1.11 bits per heavy atom. The van der Waals surface area contributed by atoms with Gasteiger partial charge in [-0.1, -0.05) is 36.4 Å². The number of hydrogen-bond acceptors (Lipinski definition) is 2. The van der Waals surface area contributed by atoms with E-state index in [1.807, 2.05) is 30.3 Å². The monoisotopic (exact) mass is 245 g/mol. The van der Waals surface area contributed by atoms with Gasteiger partial charge < -0.3 is 10.5 Å². The molecule has 0 bridgehead atoms. The van der Waals surface area contributed by atoms with Crippen molar-refractivity contribution in [3.05, 3.63) is 65.5 Å². The molecule has 0 radical (unpaired) electrons. The molecule has 3 heteroatoms. The molecule has 0 heterocycles. The SMILES string of the molecule is COc1ccccc1C(N)Cc1ccccc1F. The third kappa shape index (κ3) is 2.68. The Balaban J connectivity index is 2.22. The van der Waals surface area contributed by atoms with Crippen molar-refractivity contribution < 1.29 is 9.13 Å². The molecule has 2 aromatic carbocycles. The lowest BCUT2D eigenvalue weighted by Crippen LogP contribution is -2.15. The van der Waals surface area contributed by atoms with E-state index in [0.29, 0.717) is 12.0 Å². The van der Waals surface area contributed by atoms with Gasteiger partial charge in [-0.3, -0.25) is 0 Å². The number of hydrogen-bond donors (Lipinski definition) is 1. The smallest absolute Gasteiger partial charge is 0.126 e. The van der Waals surface area contributed by atoms with Crippen LogP contribution in [-0.2, 0) is 6.42 Å². The van der Waals surface area contributed by atoms with Crippen LogP contribution < -0.4 is 10.5 Å². The predicted octanol–water partition coefficient (Wildman–Crippen LogP) is 3.08. The quantitative estimate of drug-likeness (QED) is 0.898. The summed E-state index contributed by atoms with van der Waals surface area (Å²) in [5.41, 5.74) is 7.64. The van der Waals surface area contributed by atoms with Gasteiger partial charge >= 0.3 is 0 Å². The molecule has 0 aliphatic heterocycles. The Morgan fingerprint density at radius 2 is 1.78 bits per heavy atom. The van der Waals surface area contributed by atoms with Crippen molar-refractivity contribution >= 4 is 0 Å². The minimum atomic E-state index is -0.280. The molecule has 0 aliphatic carbocycles. The van der Waals surface area contributed by atoms with Crippen molar-refractivity contribution in [2.24, 2.45) is 5.73 Å². The highest BCUT2D eigenvalue weighted by Gasteiger charge is 2.13. The molecular formula is C15H16FNO. The third-order valence-electron chi connectivity index (χ3n) is 2.94. The highest BCUT2D eigenvalue weighted by molar-refractivity contribution is 5.36. The summed E-state index contributed by atoms with van der Waals surface area (Å²) in [6.45, 7) is 0. The van der Waals surface area contributed by atoms with E-state index in [4.69, 9.17) is 10.5 Å². The van der Waals surface area contributed by atoms with Gasteiger partial charge in [-0.25, -0.2) is 4.39 Å². The number of nitrogens with two attached hydrogens (primary N) is 1. The van der Waals surface area contributed by atoms with Crippen LogP contribution in [0.1, 0.15) is 17.2 Å². The summed E-state index contributed by atoms with van der Waals surface area (Å²) in [4.78, 5) is 0. The van der Waals surface area contributed by atoms with E-state index in [2.05, 4.69) is 0 Å². The minimum absolute atomic E-state index is 0.220. The van der Waals surface area contributed by atoms with Crippen LogP contribution in [0.2, 0.25) is 0 Å². The van der Waals surface area contributed by atoms with Crippen molar-refractivity contribution in [2.75, 3.05) is 7.11 Å². The second-order valence-electron chi connectivity index (χ2n) is 4.14.